The highest BCUT2D eigenvalue weighted by Crippen LogP contribution is 2.32. The fourth-order valence-electron chi connectivity index (χ4n) is 1.13. The van der Waals surface area contributed by atoms with Crippen LogP contribution >= 0.6 is 31.9 Å². The molecular weight excluding hydrogens is 298 g/mol. The van der Waals surface area contributed by atoms with Crippen LogP contribution < -0.4 is 0 Å². The smallest absolute Gasteiger partial charge is 0.171 e. The van der Waals surface area contributed by atoms with Crippen molar-refractivity contribution in [1.29, 1.82) is 5.26 Å². The molecule has 0 fully saturated rings. The third kappa shape index (κ3) is 1.26. The van der Waals surface area contributed by atoms with Crippen LogP contribution in [0.5, 0.6) is 0 Å². The average Bonchev–Trinajstić information content (AvgIpc) is 2.55. The normalized spacial score (nSPS) is 10.2. The summed E-state index contributed by atoms with van der Waals surface area (Å²) in [6.45, 7) is 0. The summed E-state index contributed by atoms with van der Waals surface area (Å²) in [7, 11) is 0. The number of rotatable bonds is 0. The second-order valence-corrected chi connectivity index (χ2v) is 4.12. The summed E-state index contributed by atoms with van der Waals surface area (Å²) in [6.07, 6.45) is 0. The number of H-pyrrole nitrogens is 1. The summed E-state index contributed by atoms with van der Waals surface area (Å²) in [4.78, 5) is 0. The Kier molecular flexibility index (Phi) is 2.10. The standard InChI is InChI=1S/C8H3Br2N3/c9-4-1-2-5-7(8(4)10)6(3-11)13-12-5/h1-2H,(H,12,13). The highest BCUT2D eigenvalue weighted by Gasteiger charge is 2.10. The van der Waals surface area contributed by atoms with Crippen LogP contribution in [0.1, 0.15) is 5.69 Å². The third-order valence-electron chi connectivity index (χ3n) is 1.73. The van der Waals surface area contributed by atoms with Gasteiger partial charge < -0.3 is 0 Å². The molecule has 2 aromatic rings. The lowest BCUT2D eigenvalue weighted by atomic mass is 10.2. The van der Waals surface area contributed by atoms with Crippen LogP contribution in [0, 0.1) is 11.3 Å². The van der Waals surface area contributed by atoms with Gasteiger partial charge >= 0.3 is 0 Å². The number of nitriles is 1. The number of aromatic amines is 1. The molecule has 64 valence electrons. The molecule has 0 saturated carbocycles. The first kappa shape index (κ1) is 8.73. The predicted octanol–water partition coefficient (Wildman–Crippen LogP) is 2.96. The lowest BCUT2D eigenvalue weighted by molar-refractivity contribution is 1.10. The summed E-state index contributed by atoms with van der Waals surface area (Å²) in [6, 6.07) is 5.79. The molecule has 0 bridgehead atoms. The van der Waals surface area contributed by atoms with Gasteiger partial charge in [0.2, 0.25) is 0 Å². The van der Waals surface area contributed by atoms with Crippen LogP contribution in [0.2, 0.25) is 0 Å². The van der Waals surface area contributed by atoms with Gasteiger partial charge in [0.25, 0.3) is 0 Å². The molecule has 0 radical (unpaired) electrons. The van der Waals surface area contributed by atoms with Crippen molar-refractivity contribution in [2.75, 3.05) is 0 Å². The molecule has 0 amide bonds. The van der Waals surface area contributed by atoms with Gasteiger partial charge in [0.15, 0.2) is 5.69 Å². The monoisotopic (exact) mass is 299 g/mol. The van der Waals surface area contributed by atoms with Gasteiger partial charge in [0.05, 0.1) is 10.9 Å². The van der Waals surface area contributed by atoms with E-state index in [2.05, 4.69) is 42.1 Å². The molecule has 0 aliphatic carbocycles. The zero-order valence-corrected chi connectivity index (χ0v) is 9.48. The molecule has 0 atom stereocenters. The van der Waals surface area contributed by atoms with E-state index >= 15 is 0 Å². The largest absolute Gasteiger partial charge is 0.276 e. The zero-order valence-electron chi connectivity index (χ0n) is 6.31. The molecule has 0 unspecified atom stereocenters. The number of nitrogens with one attached hydrogen (secondary N) is 1. The van der Waals surface area contributed by atoms with Crippen LogP contribution in [-0.4, -0.2) is 10.2 Å². The number of fused-ring (bicyclic) bond motifs is 1. The molecule has 0 aliphatic heterocycles. The molecule has 1 heterocycles. The van der Waals surface area contributed by atoms with E-state index in [1.807, 2.05) is 18.2 Å². The molecule has 0 aliphatic rings. The van der Waals surface area contributed by atoms with Gasteiger partial charge in [-0.15, -0.1) is 0 Å². The van der Waals surface area contributed by atoms with Gasteiger partial charge in [0, 0.05) is 8.95 Å². The van der Waals surface area contributed by atoms with Crippen molar-refractivity contribution in [2.45, 2.75) is 0 Å². The quantitative estimate of drug-likeness (QED) is 0.813. The molecule has 3 nitrogen and oxygen atoms in total. The number of hydrogen-bond donors (Lipinski definition) is 1. The lowest BCUT2D eigenvalue weighted by Crippen LogP contribution is -1.76. The SMILES string of the molecule is N#Cc1n[nH]c2ccc(Br)c(Br)c12. The van der Waals surface area contributed by atoms with Crippen molar-refractivity contribution < 1.29 is 0 Å². The first-order valence-corrected chi connectivity index (χ1v) is 5.05. The summed E-state index contributed by atoms with van der Waals surface area (Å²) in [5.41, 5.74) is 1.26. The second-order valence-electron chi connectivity index (χ2n) is 2.47. The molecule has 0 spiro atoms. The Morgan fingerprint density at radius 1 is 1.38 bits per heavy atom. The van der Waals surface area contributed by atoms with Crippen LogP contribution in [-0.2, 0) is 0 Å². The maximum atomic E-state index is 8.77. The van der Waals surface area contributed by atoms with E-state index in [4.69, 9.17) is 5.26 Å². The predicted molar refractivity (Wildman–Crippen MR) is 56.2 cm³/mol. The van der Waals surface area contributed by atoms with Gasteiger partial charge in [-0.25, -0.2) is 0 Å². The Morgan fingerprint density at radius 3 is 2.85 bits per heavy atom. The van der Waals surface area contributed by atoms with E-state index in [0.29, 0.717) is 5.69 Å². The fraction of sp³-hybridized carbons (Fsp3) is 0. The molecule has 1 aromatic carbocycles. The van der Waals surface area contributed by atoms with Crippen molar-refractivity contribution in [2.24, 2.45) is 0 Å². The Bertz CT molecular complexity index is 510. The number of nitrogens with zero attached hydrogens (tertiary/aromatic N) is 2. The van der Waals surface area contributed by atoms with Crippen LogP contribution in [0.4, 0.5) is 0 Å². The minimum absolute atomic E-state index is 0.406. The molecular formula is C8H3Br2N3. The minimum Gasteiger partial charge on any atom is -0.276 e. The van der Waals surface area contributed by atoms with Gasteiger partial charge in [-0.05, 0) is 44.0 Å². The minimum atomic E-state index is 0.406. The van der Waals surface area contributed by atoms with Crippen molar-refractivity contribution in [1.82, 2.24) is 10.2 Å². The molecule has 1 aromatic heterocycles. The lowest BCUT2D eigenvalue weighted by Gasteiger charge is -1.96. The first-order valence-electron chi connectivity index (χ1n) is 3.46. The zero-order chi connectivity index (χ0) is 9.42. The Morgan fingerprint density at radius 2 is 2.15 bits per heavy atom. The van der Waals surface area contributed by atoms with E-state index in [9.17, 15) is 0 Å². The van der Waals surface area contributed by atoms with Crippen LogP contribution in [0.25, 0.3) is 10.9 Å². The van der Waals surface area contributed by atoms with E-state index in [1.54, 1.807) is 0 Å². The Hall–Kier alpha value is -0.860. The van der Waals surface area contributed by atoms with Crippen LogP contribution in [0.15, 0.2) is 21.1 Å². The van der Waals surface area contributed by atoms with E-state index < -0.39 is 0 Å². The molecule has 5 heteroatoms. The summed E-state index contributed by atoms with van der Waals surface area (Å²) in [5, 5.41) is 16.3. The van der Waals surface area contributed by atoms with Gasteiger partial charge in [0.1, 0.15) is 6.07 Å². The Labute approximate surface area is 91.0 Å². The highest BCUT2D eigenvalue weighted by molar-refractivity contribution is 9.13. The molecule has 1 N–H and O–H groups in total. The molecule has 2 rings (SSSR count). The number of benzene rings is 1. The Balaban J connectivity index is 2.95. The summed E-state index contributed by atoms with van der Waals surface area (Å²) >= 11 is 6.76. The van der Waals surface area contributed by atoms with E-state index in [0.717, 1.165) is 19.8 Å². The third-order valence-corrected chi connectivity index (χ3v) is 3.74. The second kappa shape index (κ2) is 3.13. The summed E-state index contributed by atoms with van der Waals surface area (Å²) < 4.78 is 1.77. The first-order chi connectivity index (χ1) is 6.24. The number of hydrogen-bond acceptors (Lipinski definition) is 2. The maximum Gasteiger partial charge on any atom is 0.171 e. The summed E-state index contributed by atoms with van der Waals surface area (Å²) in [5.74, 6) is 0. The number of halogens is 2. The van der Waals surface area contributed by atoms with Gasteiger partial charge in [-0.3, -0.25) is 5.10 Å². The molecule has 13 heavy (non-hydrogen) atoms. The van der Waals surface area contributed by atoms with Crippen molar-refractivity contribution >= 4 is 42.8 Å². The van der Waals surface area contributed by atoms with E-state index in [1.165, 1.54) is 0 Å². The number of aromatic nitrogens is 2. The van der Waals surface area contributed by atoms with E-state index in [-0.39, 0.29) is 0 Å². The maximum absolute atomic E-state index is 8.77. The highest BCUT2D eigenvalue weighted by atomic mass is 79.9. The van der Waals surface area contributed by atoms with Crippen molar-refractivity contribution in [3.8, 4) is 6.07 Å². The topological polar surface area (TPSA) is 52.5 Å². The van der Waals surface area contributed by atoms with Crippen molar-refractivity contribution in [3.63, 3.8) is 0 Å². The van der Waals surface area contributed by atoms with Gasteiger partial charge in [-0.1, -0.05) is 0 Å². The average molecular weight is 301 g/mol. The van der Waals surface area contributed by atoms with Crippen molar-refractivity contribution in [3.05, 3.63) is 26.8 Å². The fourth-order valence-corrected chi connectivity index (χ4v) is 1.99. The van der Waals surface area contributed by atoms with Gasteiger partial charge in [-0.2, -0.15) is 10.4 Å². The molecule has 0 saturated heterocycles. The van der Waals surface area contributed by atoms with Crippen LogP contribution in [0.3, 0.4) is 0 Å².